The highest BCUT2D eigenvalue weighted by Crippen LogP contribution is 2.09. The van der Waals surface area contributed by atoms with Crippen molar-refractivity contribution in [2.24, 2.45) is 21.6 Å². The van der Waals surface area contributed by atoms with Gasteiger partial charge < -0.3 is 123 Å². The molecule has 0 saturated heterocycles. The fourth-order valence-corrected chi connectivity index (χ4v) is 10.3. The fraction of sp³-hybridized carbons (Fsp3) is 0.620. The van der Waals surface area contributed by atoms with E-state index in [-0.39, 0.29) is 139 Å². The molecular formula is C71H113FN16O23S3. The standard InChI is InChI=1S/C71H113FN16O23S3/c1-4-24-103-28-29-106-27-23-78-64(96)48(2)82-67(99)54(38-49-11-6-5-7-12-49)86-70(102)57(46-113)88-68(100)55(39-63(94)95)84-58(89)41-80-65(97)52(14-10-20-79-71(73)74)85-69(101)56(45-112)87-66(98)53(83-62(93)47-114-3)13-8-9-19-75-59(90)42-110-43-60(91)76-21-25-104-30-32-107-34-36-109-37-35-108-33-31-105-26-22-77-61(92)44-111-81-40-50-15-17-51(72)18-16-50/h5-7,11-12,15-18,40,48,52-57,112-113H,4,8-10,13-14,19-39,41-47H2,1-3H3,(H,75,90)(H,76,91)(H,77,92)(H,78,96)(H,80,97)(H,82,99)(H,83,93)(H,84,89)(H,85,101)(H,86,102)(H,87,98)(H,88,100)(H,94,95)(H4,73,74,79)/b81-40+/t48-,52-,53-,54-,55-,56-,57-/m0/s1. The highest BCUT2D eigenvalue weighted by atomic mass is 32.2. The minimum absolute atomic E-state index is 0.0147. The van der Waals surface area contributed by atoms with Crippen LogP contribution in [0.15, 0.2) is 64.7 Å². The van der Waals surface area contributed by atoms with E-state index in [1.54, 1.807) is 36.6 Å². The monoisotopic (exact) mass is 1670 g/mol. The second-order valence-electron chi connectivity index (χ2n) is 24.6. The molecule has 0 aromatic heterocycles. The van der Waals surface area contributed by atoms with Crippen LogP contribution in [0.5, 0.6) is 0 Å². The Balaban J connectivity index is 1.81. The summed E-state index contributed by atoms with van der Waals surface area (Å²) < 4.78 is 56.3. The van der Waals surface area contributed by atoms with Crippen molar-refractivity contribution in [3.05, 3.63) is 71.5 Å². The van der Waals surface area contributed by atoms with Gasteiger partial charge in [-0.1, -0.05) is 54.5 Å². The number of unbranched alkanes of at least 4 members (excludes halogenated alkanes) is 1. The van der Waals surface area contributed by atoms with Crippen LogP contribution in [0.3, 0.4) is 0 Å². The van der Waals surface area contributed by atoms with Gasteiger partial charge >= 0.3 is 5.97 Å². The number of halogens is 1. The van der Waals surface area contributed by atoms with E-state index < -0.39 is 139 Å². The number of thioether (sulfide) groups is 1. The van der Waals surface area contributed by atoms with E-state index in [1.165, 1.54) is 49.2 Å². The number of nitrogens with two attached hydrogens (primary N) is 2. The van der Waals surface area contributed by atoms with Gasteiger partial charge in [0.1, 0.15) is 61.3 Å². The Morgan fingerprint density at radius 3 is 1.46 bits per heavy atom. The molecule has 2 aromatic carbocycles. The molecule has 114 heavy (non-hydrogen) atoms. The van der Waals surface area contributed by atoms with Crippen molar-refractivity contribution in [2.45, 2.75) is 108 Å². The van der Waals surface area contributed by atoms with E-state index in [1.807, 2.05) is 6.92 Å². The van der Waals surface area contributed by atoms with Gasteiger partial charge in [0.2, 0.25) is 65.0 Å². The molecular weight excluding hydrogens is 1560 g/mol. The van der Waals surface area contributed by atoms with Crippen LogP contribution < -0.4 is 75.3 Å². The van der Waals surface area contributed by atoms with Crippen LogP contribution in [0.4, 0.5) is 4.39 Å². The number of hydrogen-bond donors (Lipinski definition) is 17. The number of carboxylic acid groups (broad SMARTS) is 1. The molecule has 0 fully saturated rings. The number of aliphatic carboxylic acids is 1. The number of rotatable bonds is 67. The van der Waals surface area contributed by atoms with Crippen molar-refractivity contribution in [2.75, 3.05) is 175 Å². The molecule has 0 saturated carbocycles. The minimum atomic E-state index is -1.85. The van der Waals surface area contributed by atoms with Crippen molar-refractivity contribution < 1.29 is 115 Å². The number of amides is 12. The summed E-state index contributed by atoms with van der Waals surface area (Å²) in [5, 5.41) is 43.7. The highest BCUT2D eigenvalue weighted by molar-refractivity contribution is 7.99. The number of thiol groups is 2. The van der Waals surface area contributed by atoms with Crippen LogP contribution in [0.2, 0.25) is 0 Å². The lowest BCUT2D eigenvalue weighted by molar-refractivity contribution is -0.141. The van der Waals surface area contributed by atoms with Gasteiger partial charge in [0, 0.05) is 57.3 Å². The van der Waals surface area contributed by atoms with Crippen LogP contribution in [0.25, 0.3) is 0 Å². The molecule has 12 amide bonds. The molecule has 39 nitrogen and oxygen atoms in total. The zero-order chi connectivity index (χ0) is 83.9. The lowest BCUT2D eigenvalue weighted by Gasteiger charge is -2.25. The van der Waals surface area contributed by atoms with E-state index in [0.29, 0.717) is 77.0 Å². The van der Waals surface area contributed by atoms with Crippen LogP contribution >= 0.6 is 37.0 Å². The molecule has 2 rings (SSSR count). The number of benzene rings is 2. The van der Waals surface area contributed by atoms with E-state index in [0.717, 1.165) is 6.42 Å². The van der Waals surface area contributed by atoms with Gasteiger partial charge in [0.25, 0.3) is 5.91 Å². The first-order chi connectivity index (χ1) is 54.9. The molecule has 0 spiro atoms. The number of nitrogens with zero attached hydrogens (tertiary/aromatic N) is 2. The third kappa shape index (κ3) is 50.9. The second-order valence-corrected chi connectivity index (χ2v) is 26.2. The summed E-state index contributed by atoms with van der Waals surface area (Å²) in [7, 11) is 0. The number of carbonyl (C=O) groups is 13. The number of carboxylic acids is 1. The number of guanidine groups is 1. The SMILES string of the molecule is CCCOCCOCCNC(=O)[C@H](C)NC(=O)[C@H](Cc1ccccc1)NC(=O)[C@H](CS)NC(=O)[C@H](CC(=O)O)NC(=O)CNC(=O)[C@H](CCCN=C(N)N)NC(=O)[C@H](CS)NC(=O)[C@H](CCCCNC(=O)COCC(=O)NCCOCCOCCOCCOCCOCCNC(=O)CO/N=C/c1ccc(F)cc1)NC(=O)CSC. The summed E-state index contributed by atoms with van der Waals surface area (Å²) in [5.74, 6) is -12.0. The smallest absolute Gasteiger partial charge is 0.305 e. The molecule has 0 aliphatic rings. The molecule has 7 atom stereocenters. The lowest BCUT2D eigenvalue weighted by Crippen LogP contribution is -2.59. The zero-order valence-electron chi connectivity index (χ0n) is 64.5. The average molecular weight is 1670 g/mol. The molecule has 0 aliphatic heterocycles. The van der Waals surface area contributed by atoms with Gasteiger partial charge in [-0.2, -0.15) is 37.0 Å². The van der Waals surface area contributed by atoms with Crippen molar-refractivity contribution in [3.8, 4) is 0 Å². The van der Waals surface area contributed by atoms with Crippen LogP contribution in [-0.2, 0) is 111 Å². The summed E-state index contributed by atoms with van der Waals surface area (Å²) >= 11 is 9.65. The first-order valence-electron chi connectivity index (χ1n) is 36.9. The summed E-state index contributed by atoms with van der Waals surface area (Å²) in [6.45, 7) is 6.56. The maximum absolute atomic E-state index is 13.9. The Morgan fingerprint density at radius 2 is 0.939 bits per heavy atom. The summed E-state index contributed by atoms with van der Waals surface area (Å²) in [4.78, 5) is 179. The van der Waals surface area contributed by atoms with E-state index in [9.17, 15) is 71.8 Å². The summed E-state index contributed by atoms with van der Waals surface area (Å²) in [6, 6.07) is 4.35. The van der Waals surface area contributed by atoms with E-state index >= 15 is 0 Å². The number of nitrogens with one attached hydrogen (secondary N) is 12. The topological polar surface area (TPSA) is 546 Å². The molecule has 0 heterocycles. The molecule has 0 aliphatic carbocycles. The lowest BCUT2D eigenvalue weighted by atomic mass is 10.0. The Labute approximate surface area is 677 Å². The minimum Gasteiger partial charge on any atom is -0.481 e. The largest absolute Gasteiger partial charge is 0.481 e. The Morgan fingerprint density at radius 1 is 0.482 bits per heavy atom. The first kappa shape index (κ1) is 101. The van der Waals surface area contributed by atoms with Gasteiger partial charge in [-0.3, -0.25) is 67.3 Å². The van der Waals surface area contributed by atoms with Crippen molar-refractivity contribution >= 4 is 126 Å². The van der Waals surface area contributed by atoms with Gasteiger partial charge in [0.05, 0.1) is 111 Å². The van der Waals surface area contributed by atoms with Gasteiger partial charge in [0.15, 0.2) is 12.6 Å². The van der Waals surface area contributed by atoms with Crippen molar-refractivity contribution in [1.82, 2.24) is 63.8 Å². The number of carbonyl (C=O) groups excluding carboxylic acids is 12. The average Bonchev–Trinajstić information content (AvgIpc) is 0.863. The van der Waals surface area contributed by atoms with Crippen molar-refractivity contribution in [1.29, 1.82) is 0 Å². The maximum atomic E-state index is 13.9. The number of oxime groups is 1. The molecule has 0 unspecified atom stereocenters. The first-order valence-corrected chi connectivity index (χ1v) is 39.6. The normalized spacial score (nSPS) is 12.9. The van der Waals surface area contributed by atoms with E-state index in [4.69, 9.17) is 54.2 Å². The van der Waals surface area contributed by atoms with Crippen LogP contribution in [-0.4, -0.2) is 312 Å². The number of ether oxygens (including phenoxy) is 8. The zero-order valence-corrected chi connectivity index (χ0v) is 67.1. The predicted molar refractivity (Wildman–Crippen MR) is 423 cm³/mol. The molecule has 0 bridgehead atoms. The predicted octanol–water partition coefficient (Wildman–Crippen LogP) is -4.12. The third-order valence-electron chi connectivity index (χ3n) is 15.2. The molecule has 640 valence electrons. The third-order valence-corrected chi connectivity index (χ3v) is 16.5. The highest BCUT2D eigenvalue weighted by Gasteiger charge is 2.33. The Hall–Kier alpha value is -9.05. The van der Waals surface area contributed by atoms with Gasteiger partial charge in [-0.15, -0.1) is 0 Å². The molecule has 17 N–H and O–H groups in total. The quantitative estimate of drug-likeness (QED) is 0.00983. The summed E-state index contributed by atoms with van der Waals surface area (Å²) in [6.07, 6.45) is 3.39. The maximum Gasteiger partial charge on any atom is 0.305 e. The van der Waals surface area contributed by atoms with E-state index in [2.05, 4.69) is 99.2 Å². The molecule has 0 radical (unpaired) electrons. The van der Waals surface area contributed by atoms with Crippen LogP contribution in [0.1, 0.15) is 69.9 Å². The molecule has 43 heteroatoms. The van der Waals surface area contributed by atoms with Gasteiger partial charge in [-0.05, 0) is 75.0 Å². The van der Waals surface area contributed by atoms with Crippen LogP contribution in [0, 0.1) is 5.82 Å². The summed E-state index contributed by atoms with van der Waals surface area (Å²) in [5.41, 5.74) is 12.2. The number of aliphatic imine (C=N–C) groups is 1. The fourth-order valence-electron chi connectivity index (χ4n) is 9.45. The Bertz CT molecular complexity index is 3250. The van der Waals surface area contributed by atoms with Crippen molar-refractivity contribution in [3.63, 3.8) is 0 Å². The number of hydrogen-bond acceptors (Lipinski definition) is 27. The Kier molecular flexibility index (Phi) is 56.9. The molecule has 2 aromatic rings. The van der Waals surface area contributed by atoms with Gasteiger partial charge in [-0.25, -0.2) is 4.39 Å². The second kappa shape index (κ2) is 64.2.